The lowest BCUT2D eigenvalue weighted by Crippen LogP contribution is -2.41. The minimum atomic E-state index is -0.209. The van der Waals surface area contributed by atoms with E-state index in [4.69, 9.17) is 0 Å². The highest BCUT2D eigenvalue weighted by Gasteiger charge is 2.30. The highest BCUT2D eigenvalue weighted by molar-refractivity contribution is 6.35. The standard InChI is InChI=1S/C22H25N5O3/c1-13-19(24-18-6-7-27(9-8-26(2)3)22(30)20(13)18)11-16-15-10-14(23-12-28)4-5-17(15)25-21(16)29/h4-5,10-12,24H,6-9H2,1-3H3,(H,23,28)(H,25,29)/b16-11-. The molecule has 0 spiro atoms. The Morgan fingerprint density at radius 2 is 2.07 bits per heavy atom. The van der Waals surface area contributed by atoms with E-state index in [-0.39, 0.29) is 11.8 Å². The second kappa shape index (κ2) is 7.79. The van der Waals surface area contributed by atoms with Gasteiger partial charge in [0.1, 0.15) is 0 Å². The van der Waals surface area contributed by atoms with Crippen LogP contribution in [0.1, 0.15) is 32.9 Å². The molecule has 0 atom stereocenters. The van der Waals surface area contributed by atoms with E-state index < -0.39 is 0 Å². The summed E-state index contributed by atoms with van der Waals surface area (Å²) in [6.45, 7) is 4.09. The summed E-state index contributed by atoms with van der Waals surface area (Å²) in [5.74, 6) is -0.176. The Morgan fingerprint density at radius 3 is 2.80 bits per heavy atom. The van der Waals surface area contributed by atoms with Crippen LogP contribution in [0.4, 0.5) is 11.4 Å². The van der Waals surface area contributed by atoms with Crippen molar-refractivity contribution < 1.29 is 14.4 Å². The lowest BCUT2D eigenvalue weighted by atomic mass is 10.0. The number of nitrogens with zero attached hydrogens (tertiary/aromatic N) is 2. The molecular formula is C22H25N5O3. The average Bonchev–Trinajstić information content (AvgIpc) is 3.19. The number of nitrogens with one attached hydrogen (secondary N) is 3. The zero-order valence-electron chi connectivity index (χ0n) is 17.3. The van der Waals surface area contributed by atoms with Crippen molar-refractivity contribution >= 4 is 41.2 Å². The summed E-state index contributed by atoms with van der Waals surface area (Å²) in [7, 11) is 3.98. The largest absolute Gasteiger partial charge is 0.358 e. The predicted molar refractivity (Wildman–Crippen MR) is 116 cm³/mol. The molecule has 156 valence electrons. The van der Waals surface area contributed by atoms with Gasteiger partial charge in [0.05, 0.1) is 11.1 Å². The van der Waals surface area contributed by atoms with Gasteiger partial charge in [0, 0.05) is 54.4 Å². The molecule has 1 aromatic carbocycles. The minimum Gasteiger partial charge on any atom is -0.358 e. The fraction of sp³-hybridized carbons (Fsp3) is 0.318. The molecule has 3 amide bonds. The zero-order valence-corrected chi connectivity index (χ0v) is 17.3. The summed E-state index contributed by atoms with van der Waals surface area (Å²) in [4.78, 5) is 43.6. The van der Waals surface area contributed by atoms with Crippen molar-refractivity contribution in [2.75, 3.05) is 44.4 Å². The van der Waals surface area contributed by atoms with E-state index >= 15 is 0 Å². The van der Waals surface area contributed by atoms with Gasteiger partial charge < -0.3 is 25.4 Å². The van der Waals surface area contributed by atoms with Crippen LogP contribution >= 0.6 is 0 Å². The molecule has 3 heterocycles. The van der Waals surface area contributed by atoms with Gasteiger partial charge in [-0.3, -0.25) is 14.4 Å². The summed E-state index contributed by atoms with van der Waals surface area (Å²) in [5.41, 5.74) is 5.76. The van der Waals surface area contributed by atoms with E-state index in [1.54, 1.807) is 24.3 Å². The Hall–Kier alpha value is -3.39. The third-order valence-electron chi connectivity index (χ3n) is 5.63. The van der Waals surface area contributed by atoms with Crippen LogP contribution in [-0.4, -0.2) is 66.7 Å². The number of H-pyrrole nitrogens is 1. The second-order valence-electron chi connectivity index (χ2n) is 7.90. The fourth-order valence-electron chi connectivity index (χ4n) is 3.98. The summed E-state index contributed by atoms with van der Waals surface area (Å²) in [5, 5.41) is 5.45. The predicted octanol–water partition coefficient (Wildman–Crippen LogP) is 1.94. The molecule has 0 aliphatic carbocycles. The van der Waals surface area contributed by atoms with Gasteiger partial charge >= 0.3 is 0 Å². The molecule has 0 radical (unpaired) electrons. The summed E-state index contributed by atoms with van der Waals surface area (Å²) in [6.07, 6.45) is 3.15. The third-order valence-corrected chi connectivity index (χ3v) is 5.63. The van der Waals surface area contributed by atoms with Crippen LogP contribution in [0.5, 0.6) is 0 Å². The van der Waals surface area contributed by atoms with Gasteiger partial charge in [-0.25, -0.2) is 0 Å². The van der Waals surface area contributed by atoms with Crippen LogP contribution in [0.15, 0.2) is 18.2 Å². The molecule has 30 heavy (non-hydrogen) atoms. The third kappa shape index (κ3) is 3.50. The van der Waals surface area contributed by atoms with E-state index in [1.165, 1.54) is 0 Å². The number of likely N-dealkylation sites (N-methyl/N-ethyl adjacent to an activating group) is 1. The number of fused-ring (bicyclic) bond motifs is 2. The molecule has 0 bridgehead atoms. The number of aromatic nitrogens is 1. The van der Waals surface area contributed by atoms with Gasteiger partial charge in [0.25, 0.3) is 11.8 Å². The molecule has 0 unspecified atom stereocenters. The van der Waals surface area contributed by atoms with Crippen LogP contribution in [-0.2, 0) is 16.0 Å². The first-order valence-electron chi connectivity index (χ1n) is 9.92. The van der Waals surface area contributed by atoms with Crippen molar-refractivity contribution in [2.45, 2.75) is 13.3 Å². The monoisotopic (exact) mass is 407 g/mol. The van der Waals surface area contributed by atoms with Gasteiger partial charge in [-0.15, -0.1) is 0 Å². The molecule has 0 fully saturated rings. The smallest absolute Gasteiger partial charge is 0.256 e. The number of hydrogen-bond donors (Lipinski definition) is 3. The number of amides is 3. The number of carbonyl (C=O) groups is 3. The van der Waals surface area contributed by atoms with E-state index in [2.05, 4.69) is 20.5 Å². The number of carbonyl (C=O) groups excluding carboxylic acids is 3. The van der Waals surface area contributed by atoms with Crippen LogP contribution in [0.2, 0.25) is 0 Å². The molecule has 3 N–H and O–H groups in total. The van der Waals surface area contributed by atoms with Gasteiger partial charge in [-0.2, -0.15) is 0 Å². The van der Waals surface area contributed by atoms with Crippen LogP contribution in [0.3, 0.4) is 0 Å². The molecule has 1 aromatic heterocycles. The maximum absolute atomic E-state index is 13.0. The summed E-state index contributed by atoms with van der Waals surface area (Å²) >= 11 is 0. The van der Waals surface area contributed by atoms with Crippen LogP contribution in [0.25, 0.3) is 11.6 Å². The first kappa shape index (κ1) is 19.9. The maximum atomic E-state index is 13.0. The number of rotatable bonds is 6. The van der Waals surface area contributed by atoms with Crippen molar-refractivity contribution in [3.63, 3.8) is 0 Å². The van der Waals surface area contributed by atoms with Gasteiger partial charge in [0.15, 0.2) is 0 Å². The normalized spacial score (nSPS) is 16.7. The summed E-state index contributed by atoms with van der Waals surface area (Å²) in [6, 6.07) is 5.26. The molecule has 0 saturated carbocycles. The van der Waals surface area contributed by atoms with Gasteiger partial charge in [0.2, 0.25) is 6.41 Å². The van der Waals surface area contributed by atoms with Crippen molar-refractivity contribution in [1.82, 2.24) is 14.8 Å². The minimum absolute atomic E-state index is 0.0326. The highest BCUT2D eigenvalue weighted by atomic mass is 16.2. The molecular weight excluding hydrogens is 382 g/mol. The zero-order chi connectivity index (χ0) is 21.4. The SMILES string of the molecule is Cc1c(/C=C2\C(=O)Nc3ccc(NC=O)cc32)[nH]c2c1C(=O)N(CCN(C)C)CC2. The number of benzene rings is 1. The van der Waals surface area contributed by atoms with Gasteiger partial charge in [-0.05, 0) is 50.9 Å². The lowest BCUT2D eigenvalue weighted by Gasteiger charge is -2.28. The maximum Gasteiger partial charge on any atom is 0.256 e. The molecule has 4 rings (SSSR count). The first-order valence-corrected chi connectivity index (χ1v) is 9.92. The Bertz CT molecular complexity index is 1070. The number of anilines is 2. The van der Waals surface area contributed by atoms with Crippen molar-refractivity contribution in [2.24, 2.45) is 0 Å². The molecule has 8 nitrogen and oxygen atoms in total. The quantitative estimate of drug-likeness (QED) is 0.504. The molecule has 2 aliphatic heterocycles. The van der Waals surface area contributed by atoms with Gasteiger partial charge in [-0.1, -0.05) is 0 Å². The topological polar surface area (TPSA) is 97.5 Å². The highest BCUT2D eigenvalue weighted by Crippen LogP contribution is 2.36. The van der Waals surface area contributed by atoms with Crippen molar-refractivity contribution in [3.05, 3.63) is 46.3 Å². The van der Waals surface area contributed by atoms with E-state index in [9.17, 15) is 14.4 Å². The molecule has 2 aromatic rings. The Balaban J connectivity index is 1.68. The molecule has 2 aliphatic rings. The Labute approximate surface area is 174 Å². The number of hydrogen-bond acceptors (Lipinski definition) is 4. The fourth-order valence-corrected chi connectivity index (χ4v) is 3.98. The first-order chi connectivity index (χ1) is 14.4. The van der Waals surface area contributed by atoms with Crippen LogP contribution in [0, 0.1) is 6.92 Å². The van der Waals surface area contributed by atoms with Crippen molar-refractivity contribution in [1.29, 1.82) is 0 Å². The lowest BCUT2D eigenvalue weighted by molar-refractivity contribution is -0.110. The van der Waals surface area contributed by atoms with Crippen LogP contribution < -0.4 is 10.6 Å². The average molecular weight is 407 g/mol. The Morgan fingerprint density at radius 1 is 1.27 bits per heavy atom. The van der Waals surface area contributed by atoms with E-state index in [0.717, 1.165) is 35.5 Å². The van der Waals surface area contributed by atoms with E-state index in [0.29, 0.717) is 42.0 Å². The molecule has 0 saturated heterocycles. The Kier molecular flexibility index (Phi) is 5.17. The second-order valence-corrected chi connectivity index (χ2v) is 7.90. The number of aromatic amines is 1. The summed E-state index contributed by atoms with van der Waals surface area (Å²) < 4.78 is 0. The van der Waals surface area contributed by atoms with E-state index in [1.807, 2.05) is 25.9 Å². The molecule has 8 heteroatoms. The van der Waals surface area contributed by atoms with Crippen molar-refractivity contribution in [3.8, 4) is 0 Å².